The van der Waals surface area contributed by atoms with Crippen molar-refractivity contribution in [3.05, 3.63) is 64.5 Å². The predicted molar refractivity (Wildman–Crippen MR) is 72.7 cm³/mol. The summed E-state index contributed by atoms with van der Waals surface area (Å²) in [5.41, 5.74) is 0.894. The zero-order valence-corrected chi connectivity index (χ0v) is 11.2. The van der Waals surface area contributed by atoms with Gasteiger partial charge in [-0.25, -0.2) is 4.39 Å². The van der Waals surface area contributed by atoms with Crippen LogP contribution in [0.3, 0.4) is 0 Å². The van der Waals surface area contributed by atoms with Gasteiger partial charge in [0.25, 0.3) is 0 Å². The van der Waals surface area contributed by atoms with Crippen molar-refractivity contribution in [2.75, 3.05) is 0 Å². The minimum absolute atomic E-state index is 0.112. The van der Waals surface area contributed by atoms with Gasteiger partial charge in [-0.1, -0.05) is 18.2 Å². The SMILES string of the molecule is Cc1cc(C)c(C(C)(O)c2ccc(O)cc2)c(F)c1. The number of hydrogen-bond donors (Lipinski definition) is 2. The number of benzene rings is 2. The van der Waals surface area contributed by atoms with Crippen molar-refractivity contribution < 1.29 is 14.6 Å². The van der Waals surface area contributed by atoms with Gasteiger partial charge in [-0.15, -0.1) is 0 Å². The maximum Gasteiger partial charge on any atom is 0.130 e. The van der Waals surface area contributed by atoms with Gasteiger partial charge < -0.3 is 10.2 Å². The molecule has 0 saturated heterocycles. The maximum atomic E-state index is 14.2. The number of rotatable bonds is 2. The van der Waals surface area contributed by atoms with Crippen molar-refractivity contribution in [2.24, 2.45) is 0 Å². The van der Waals surface area contributed by atoms with Crippen LogP contribution in [-0.2, 0) is 5.60 Å². The first-order valence-corrected chi connectivity index (χ1v) is 6.11. The lowest BCUT2D eigenvalue weighted by atomic mass is 9.84. The molecule has 1 unspecified atom stereocenters. The predicted octanol–water partition coefficient (Wildman–Crippen LogP) is 3.40. The molecule has 2 nitrogen and oxygen atoms in total. The van der Waals surface area contributed by atoms with E-state index >= 15 is 0 Å². The summed E-state index contributed by atoms with van der Waals surface area (Å²) in [5.74, 6) is -0.309. The Morgan fingerprint density at radius 2 is 1.63 bits per heavy atom. The lowest BCUT2D eigenvalue weighted by Gasteiger charge is -2.27. The molecule has 0 aliphatic heterocycles. The van der Waals surface area contributed by atoms with E-state index in [1.165, 1.54) is 18.2 Å². The van der Waals surface area contributed by atoms with Crippen LogP contribution < -0.4 is 0 Å². The summed E-state index contributed by atoms with van der Waals surface area (Å²) in [6.07, 6.45) is 0. The molecular weight excluding hydrogens is 243 g/mol. The summed E-state index contributed by atoms with van der Waals surface area (Å²) in [5, 5.41) is 20.0. The third-order valence-electron chi connectivity index (χ3n) is 3.35. The first-order valence-electron chi connectivity index (χ1n) is 6.11. The van der Waals surface area contributed by atoms with Crippen molar-refractivity contribution in [2.45, 2.75) is 26.4 Å². The average Bonchev–Trinajstić information content (AvgIpc) is 2.27. The van der Waals surface area contributed by atoms with E-state index in [1.54, 1.807) is 26.0 Å². The van der Waals surface area contributed by atoms with E-state index in [2.05, 4.69) is 0 Å². The van der Waals surface area contributed by atoms with E-state index in [0.29, 0.717) is 11.1 Å². The second kappa shape index (κ2) is 4.67. The molecule has 19 heavy (non-hydrogen) atoms. The third-order valence-corrected chi connectivity index (χ3v) is 3.35. The number of hydrogen-bond acceptors (Lipinski definition) is 2. The zero-order chi connectivity index (χ0) is 14.2. The largest absolute Gasteiger partial charge is 0.508 e. The molecule has 2 rings (SSSR count). The first-order chi connectivity index (χ1) is 8.82. The average molecular weight is 260 g/mol. The van der Waals surface area contributed by atoms with Crippen molar-refractivity contribution in [3.63, 3.8) is 0 Å². The van der Waals surface area contributed by atoms with E-state index in [9.17, 15) is 14.6 Å². The van der Waals surface area contributed by atoms with Crippen LogP contribution >= 0.6 is 0 Å². The Morgan fingerprint density at radius 1 is 1.05 bits per heavy atom. The summed E-state index contributed by atoms with van der Waals surface area (Å²) in [7, 11) is 0. The second-order valence-corrected chi connectivity index (χ2v) is 5.06. The molecule has 0 aromatic heterocycles. The Bertz CT molecular complexity index is 578. The smallest absolute Gasteiger partial charge is 0.130 e. The van der Waals surface area contributed by atoms with Crippen LogP contribution in [0.2, 0.25) is 0 Å². The van der Waals surface area contributed by atoms with Crippen LogP contribution in [-0.4, -0.2) is 10.2 Å². The van der Waals surface area contributed by atoms with Crippen LogP contribution in [0.1, 0.15) is 29.2 Å². The van der Waals surface area contributed by atoms with Crippen LogP contribution in [0.15, 0.2) is 36.4 Å². The quantitative estimate of drug-likeness (QED) is 0.868. The standard InChI is InChI=1S/C16H17FO2/c1-10-8-11(2)15(14(17)9-10)16(3,19)12-4-6-13(18)7-5-12/h4-9,18-19H,1-3H3. The van der Waals surface area contributed by atoms with Crippen molar-refractivity contribution in [3.8, 4) is 5.75 Å². The van der Waals surface area contributed by atoms with Gasteiger partial charge in [0, 0.05) is 5.56 Å². The molecule has 3 heteroatoms. The molecule has 0 aliphatic rings. The highest BCUT2D eigenvalue weighted by Gasteiger charge is 2.30. The summed E-state index contributed by atoms with van der Waals surface area (Å²) in [4.78, 5) is 0. The highest BCUT2D eigenvalue weighted by Crippen LogP contribution is 2.34. The number of phenolic OH excluding ortho intramolecular Hbond substituents is 1. The maximum absolute atomic E-state index is 14.2. The Morgan fingerprint density at radius 3 is 2.16 bits per heavy atom. The van der Waals surface area contributed by atoms with E-state index < -0.39 is 11.4 Å². The number of phenols is 1. The first kappa shape index (κ1) is 13.6. The second-order valence-electron chi connectivity index (χ2n) is 5.06. The van der Waals surface area contributed by atoms with Crippen LogP contribution in [0.25, 0.3) is 0 Å². The van der Waals surface area contributed by atoms with Gasteiger partial charge in [0.05, 0.1) is 0 Å². The van der Waals surface area contributed by atoms with E-state index in [-0.39, 0.29) is 11.3 Å². The monoisotopic (exact) mass is 260 g/mol. The summed E-state index contributed by atoms with van der Waals surface area (Å²) in [6, 6.07) is 9.39. The number of aromatic hydroxyl groups is 1. The van der Waals surface area contributed by atoms with E-state index in [4.69, 9.17) is 0 Å². The van der Waals surface area contributed by atoms with Gasteiger partial charge in [-0.2, -0.15) is 0 Å². The van der Waals surface area contributed by atoms with Crippen LogP contribution in [0, 0.1) is 19.7 Å². The molecule has 0 heterocycles. The van der Waals surface area contributed by atoms with Crippen molar-refractivity contribution >= 4 is 0 Å². The molecule has 0 fully saturated rings. The zero-order valence-electron chi connectivity index (χ0n) is 11.2. The highest BCUT2D eigenvalue weighted by atomic mass is 19.1. The minimum Gasteiger partial charge on any atom is -0.508 e. The molecule has 2 aromatic carbocycles. The molecule has 0 amide bonds. The molecular formula is C16H17FO2. The van der Waals surface area contributed by atoms with Crippen LogP contribution in [0.5, 0.6) is 5.75 Å². The van der Waals surface area contributed by atoms with Gasteiger partial charge in [-0.3, -0.25) is 0 Å². The summed E-state index contributed by atoms with van der Waals surface area (Å²) < 4.78 is 14.2. The normalized spacial score (nSPS) is 14.2. The number of aliphatic hydroxyl groups is 1. The Balaban J connectivity index is 2.59. The molecule has 2 N–H and O–H groups in total. The van der Waals surface area contributed by atoms with Gasteiger partial charge in [0.15, 0.2) is 0 Å². The molecule has 0 bridgehead atoms. The number of halogens is 1. The van der Waals surface area contributed by atoms with Crippen LogP contribution in [0.4, 0.5) is 4.39 Å². The Labute approximate surface area is 112 Å². The van der Waals surface area contributed by atoms with Crippen molar-refractivity contribution in [1.29, 1.82) is 0 Å². The van der Waals surface area contributed by atoms with Gasteiger partial charge in [-0.05, 0) is 55.7 Å². The highest BCUT2D eigenvalue weighted by molar-refractivity contribution is 5.43. The Kier molecular flexibility index (Phi) is 3.33. The summed E-state index contributed by atoms with van der Waals surface area (Å²) >= 11 is 0. The number of aryl methyl sites for hydroxylation is 2. The molecule has 0 saturated carbocycles. The van der Waals surface area contributed by atoms with E-state index in [0.717, 1.165) is 5.56 Å². The van der Waals surface area contributed by atoms with E-state index in [1.807, 2.05) is 13.0 Å². The molecule has 100 valence electrons. The van der Waals surface area contributed by atoms with Gasteiger partial charge in [0.2, 0.25) is 0 Å². The third kappa shape index (κ3) is 2.47. The van der Waals surface area contributed by atoms with Crippen molar-refractivity contribution in [1.82, 2.24) is 0 Å². The molecule has 0 radical (unpaired) electrons. The molecule has 0 aliphatic carbocycles. The fraction of sp³-hybridized carbons (Fsp3) is 0.250. The lowest BCUT2D eigenvalue weighted by molar-refractivity contribution is 0.0971. The van der Waals surface area contributed by atoms with Gasteiger partial charge in [0.1, 0.15) is 17.2 Å². The van der Waals surface area contributed by atoms with Gasteiger partial charge >= 0.3 is 0 Å². The fourth-order valence-corrected chi connectivity index (χ4v) is 2.46. The molecule has 2 aromatic rings. The minimum atomic E-state index is -1.43. The Hall–Kier alpha value is -1.87. The summed E-state index contributed by atoms with van der Waals surface area (Å²) in [6.45, 7) is 5.15. The topological polar surface area (TPSA) is 40.5 Å². The molecule has 0 spiro atoms. The lowest BCUT2D eigenvalue weighted by Crippen LogP contribution is -2.25. The fourth-order valence-electron chi connectivity index (χ4n) is 2.46. The molecule has 1 atom stereocenters.